The molecule has 0 atom stereocenters. The van der Waals surface area contributed by atoms with Gasteiger partial charge in [0, 0.05) is 12.2 Å². The van der Waals surface area contributed by atoms with E-state index in [4.69, 9.17) is 12.2 Å². The van der Waals surface area contributed by atoms with Crippen LogP contribution in [0.15, 0.2) is 42.5 Å². The second-order valence-corrected chi connectivity index (χ2v) is 5.14. The third-order valence-electron chi connectivity index (χ3n) is 3.11. The predicted molar refractivity (Wildman–Crippen MR) is 85.4 cm³/mol. The fourth-order valence-electron chi connectivity index (χ4n) is 1.82. The summed E-state index contributed by atoms with van der Waals surface area (Å²) in [7, 11) is 0. The van der Waals surface area contributed by atoms with Gasteiger partial charge in [-0.25, -0.2) is 4.39 Å². The molecular formula is C16H17FN2S. The summed E-state index contributed by atoms with van der Waals surface area (Å²) in [5.74, 6) is -0.239. The first-order valence-corrected chi connectivity index (χ1v) is 6.82. The van der Waals surface area contributed by atoms with Gasteiger partial charge in [0.25, 0.3) is 0 Å². The number of halogens is 1. The van der Waals surface area contributed by atoms with E-state index in [0.29, 0.717) is 11.7 Å². The Labute approximate surface area is 124 Å². The van der Waals surface area contributed by atoms with E-state index in [2.05, 4.69) is 24.5 Å². The Hall–Kier alpha value is -1.94. The van der Waals surface area contributed by atoms with Crippen molar-refractivity contribution in [3.63, 3.8) is 0 Å². The Bertz CT molecular complexity index is 626. The Morgan fingerprint density at radius 3 is 2.60 bits per heavy atom. The number of aryl methyl sites for hydroxylation is 2. The van der Waals surface area contributed by atoms with E-state index in [1.807, 2.05) is 24.3 Å². The van der Waals surface area contributed by atoms with Gasteiger partial charge in [0.1, 0.15) is 5.82 Å². The zero-order valence-electron chi connectivity index (χ0n) is 11.5. The van der Waals surface area contributed by atoms with Crippen LogP contribution in [-0.2, 0) is 6.54 Å². The Morgan fingerprint density at radius 1 is 1.10 bits per heavy atom. The van der Waals surface area contributed by atoms with E-state index in [1.165, 1.54) is 23.3 Å². The highest BCUT2D eigenvalue weighted by Gasteiger charge is 2.00. The van der Waals surface area contributed by atoms with Crippen LogP contribution in [-0.4, -0.2) is 5.11 Å². The topological polar surface area (TPSA) is 24.1 Å². The van der Waals surface area contributed by atoms with Crippen molar-refractivity contribution in [3.05, 3.63) is 65.0 Å². The predicted octanol–water partition coefficient (Wildman–Crippen LogP) is 3.93. The highest BCUT2D eigenvalue weighted by atomic mass is 32.1. The largest absolute Gasteiger partial charge is 0.358 e. The van der Waals surface area contributed by atoms with Gasteiger partial charge < -0.3 is 10.6 Å². The van der Waals surface area contributed by atoms with Crippen LogP contribution in [0.3, 0.4) is 0 Å². The van der Waals surface area contributed by atoms with E-state index in [9.17, 15) is 4.39 Å². The summed E-state index contributed by atoms with van der Waals surface area (Å²) in [6.45, 7) is 4.62. The van der Waals surface area contributed by atoms with E-state index >= 15 is 0 Å². The lowest BCUT2D eigenvalue weighted by atomic mass is 10.1. The molecule has 0 aliphatic carbocycles. The third-order valence-corrected chi connectivity index (χ3v) is 3.35. The number of nitrogens with one attached hydrogen (secondary N) is 2. The number of hydrogen-bond acceptors (Lipinski definition) is 1. The molecule has 104 valence electrons. The minimum Gasteiger partial charge on any atom is -0.358 e. The molecule has 0 unspecified atom stereocenters. The summed E-state index contributed by atoms with van der Waals surface area (Å²) in [5.41, 5.74) is 4.26. The molecule has 2 N–H and O–H groups in total. The molecule has 0 saturated heterocycles. The average Bonchev–Trinajstić information content (AvgIpc) is 2.41. The number of hydrogen-bond donors (Lipinski definition) is 2. The van der Waals surface area contributed by atoms with Gasteiger partial charge in [0.2, 0.25) is 0 Å². The summed E-state index contributed by atoms with van der Waals surface area (Å²) in [6.07, 6.45) is 0. The normalized spacial score (nSPS) is 10.2. The molecule has 0 fully saturated rings. The lowest BCUT2D eigenvalue weighted by Gasteiger charge is -2.12. The van der Waals surface area contributed by atoms with Crippen LogP contribution in [0, 0.1) is 19.7 Å². The Kier molecular flexibility index (Phi) is 4.69. The molecule has 2 rings (SSSR count). The molecule has 2 aromatic carbocycles. The highest BCUT2D eigenvalue weighted by Crippen LogP contribution is 2.14. The van der Waals surface area contributed by atoms with Crippen molar-refractivity contribution in [2.24, 2.45) is 0 Å². The van der Waals surface area contributed by atoms with Crippen LogP contribution in [0.4, 0.5) is 10.1 Å². The highest BCUT2D eigenvalue weighted by molar-refractivity contribution is 7.80. The molecule has 0 amide bonds. The molecule has 0 saturated carbocycles. The SMILES string of the molecule is Cc1ccc(NC(=S)NCc2cccc(F)c2)cc1C. The quantitative estimate of drug-likeness (QED) is 0.837. The van der Waals surface area contributed by atoms with Crippen molar-refractivity contribution in [3.8, 4) is 0 Å². The number of thiocarbonyl (C=S) groups is 1. The first-order chi connectivity index (χ1) is 9.54. The first-order valence-electron chi connectivity index (χ1n) is 6.41. The maximum atomic E-state index is 13.0. The summed E-state index contributed by atoms with van der Waals surface area (Å²) >= 11 is 5.23. The van der Waals surface area contributed by atoms with E-state index in [1.54, 1.807) is 6.07 Å². The number of anilines is 1. The minimum atomic E-state index is -0.239. The molecule has 0 bridgehead atoms. The lowest BCUT2D eigenvalue weighted by molar-refractivity contribution is 0.625. The van der Waals surface area contributed by atoms with Gasteiger partial charge in [0.05, 0.1) is 0 Å². The standard InChI is InChI=1S/C16H17FN2S/c1-11-6-7-15(8-12(11)2)19-16(20)18-10-13-4-3-5-14(17)9-13/h3-9H,10H2,1-2H3,(H2,18,19,20). The summed E-state index contributed by atoms with van der Waals surface area (Å²) in [6, 6.07) is 12.5. The molecule has 0 spiro atoms. The zero-order valence-corrected chi connectivity index (χ0v) is 12.4. The van der Waals surface area contributed by atoms with Gasteiger partial charge in [-0.05, 0) is 67.0 Å². The Balaban J connectivity index is 1.91. The maximum absolute atomic E-state index is 13.0. The second-order valence-electron chi connectivity index (χ2n) is 4.74. The van der Waals surface area contributed by atoms with Crippen LogP contribution in [0.2, 0.25) is 0 Å². The van der Waals surface area contributed by atoms with Gasteiger partial charge in [-0.1, -0.05) is 18.2 Å². The smallest absolute Gasteiger partial charge is 0.171 e. The van der Waals surface area contributed by atoms with Crippen LogP contribution >= 0.6 is 12.2 Å². The molecule has 2 nitrogen and oxygen atoms in total. The second kappa shape index (κ2) is 6.48. The van der Waals surface area contributed by atoms with Crippen LogP contribution in [0.25, 0.3) is 0 Å². The van der Waals surface area contributed by atoms with E-state index in [0.717, 1.165) is 11.3 Å². The van der Waals surface area contributed by atoms with Gasteiger partial charge in [-0.3, -0.25) is 0 Å². The van der Waals surface area contributed by atoms with E-state index < -0.39 is 0 Å². The van der Waals surface area contributed by atoms with Crippen molar-refractivity contribution in [1.82, 2.24) is 5.32 Å². The van der Waals surface area contributed by atoms with Crippen LogP contribution in [0.5, 0.6) is 0 Å². The molecule has 2 aromatic rings. The van der Waals surface area contributed by atoms with Crippen molar-refractivity contribution in [2.75, 3.05) is 5.32 Å². The summed E-state index contributed by atoms with van der Waals surface area (Å²) in [4.78, 5) is 0. The fourth-order valence-corrected chi connectivity index (χ4v) is 2.01. The monoisotopic (exact) mass is 288 g/mol. The van der Waals surface area contributed by atoms with Gasteiger partial charge in [-0.15, -0.1) is 0 Å². The Morgan fingerprint density at radius 2 is 1.90 bits per heavy atom. The molecule has 20 heavy (non-hydrogen) atoms. The molecule has 0 aromatic heterocycles. The summed E-state index contributed by atoms with van der Waals surface area (Å²) < 4.78 is 13.0. The number of benzene rings is 2. The van der Waals surface area contributed by atoms with E-state index in [-0.39, 0.29) is 5.82 Å². The summed E-state index contributed by atoms with van der Waals surface area (Å²) in [5, 5.41) is 6.71. The van der Waals surface area contributed by atoms with Gasteiger partial charge >= 0.3 is 0 Å². The fraction of sp³-hybridized carbons (Fsp3) is 0.188. The third kappa shape index (κ3) is 4.03. The first kappa shape index (κ1) is 14.5. The minimum absolute atomic E-state index is 0.239. The molecule has 0 aliphatic rings. The van der Waals surface area contributed by atoms with Crippen molar-refractivity contribution in [1.29, 1.82) is 0 Å². The number of rotatable bonds is 3. The van der Waals surface area contributed by atoms with Crippen molar-refractivity contribution < 1.29 is 4.39 Å². The average molecular weight is 288 g/mol. The lowest BCUT2D eigenvalue weighted by Crippen LogP contribution is -2.27. The van der Waals surface area contributed by atoms with Gasteiger partial charge in [0.15, 0.2) is 5.11 Å². The van der Waals surface area contributed by atoms with Crippen LogP contribution < -0.4 is 10.6 Å². The van der Waals surface area contributed by atoms with Crippen molar-refractivity contribution in [2.45, 2.75) is 20.4 Å². The molecule has 0 aliphatic heterocycles. The van der Waals surface area contributed by atoms with Crippen LogP contribution in [0.1, 0.15) is 16.7 Å². The molecule has 0 radical (unpaired) electrons. The maximum Gasteiger partial charge on any atom is 0.171 e. The zero-order chi connectivity index (χ0) is 14.5. The van der Waals surface area contributed by atoms with Gasteiger partial charge in [-0.2, -0.15) is 0 Å². The van der Waals surface area contributed by atoms with Crippen molar-refractivity contribution >= 4 is 23.0 Å². The molecular weight excluding hydrogens is 271 g/mol. The molecule has 4 heteroatoms. The molecule has 0 heterocycles.